The summed E-state index contributed by atoms with van der Waals surface area (Å²) < 4.78 is 6.64. The third-order valence-corrected chi connectivity index (χ3v) is 6.80. The second-order valence-corrected chi connectivity index (χ2v) is 8.80. The fraction of sp³-hybridized carbons (Fsp3) is 0.240. The average molecular weight is 446 g/mol. The molecule has 2 aromatic carbocycles. The quantitative estimate of drug-likeness (QED) is 0.485. The monoisotopic (exact) mass is 445 g/mol. The SMILES string of the molecule is COc1ccccc1NC(=O)Cn1cnc2scc(-c3ccc4c(c3)CCCC4)c2c1=O. The Morgan fingerprint density at radius 2 is 1.97 bits per heavy atom. The van der Waals surface area contributed by atoms with Crippen molar-refractivity contribution >= 4 is 33.1 Å². The zero-order valence-corrected chi connectivity index (χ0v) is 18.6. The van der Waals surface area contributed by atoms with Crippen LogP contribution in [0.1, 0.15) is 24.0 Å². The number of thiophene rings is 1. The molecule has 0 atom stereocenters. The molecular formula is C25H23N3O3S. The first-order chi connectivity index (χ1) is 15.6. The highest BCUT2D eigenvalue weighted by Gasteiger charge is 2.17. The number of para-hydroxylation sites is 2. The summed E-state index contributed by atoms with van der Waals surface area (Å²) in [6, 6.07) is 13.7. The van der Waals surface area contributed by atoms with E-state index in [9.17, 15) is 9.59 Å². The third kappa shape index (κ3) is 3.80. The summed E-state index contributed by atoms with van der Waals surface area (Å²) in [4.78, 5) is 31.1. The number of hydrogen-bond donors (Lipinski definition) is 1. The number of ether oxygens (including phenoxy) is 1. The summed E-state index contributed by atoms with van der Waals surface area (Å²) in [5.74, 6) is 0.248. The summed E-state index contributed by atoms with van der Waals surface area (Å²) >= 11 is 1.45. The number of carbonyl (C=O) groups excluding carboxylic acids is 1. The van der Waals surface area contributed by atoms with Gasteiger partial charge in [-0.1, -0.05) is 30.3 Å². The Hall–Kier alpha value is -3.45. The number of nitrogens with one attached hydrogen (secondary N) is 1. The van der Waals surface area contributed by atoms with E-state index in [1.165, 1.54) is 46.2 Å². The van der Waals surface area contributed by atoms with E-state index in [1.54, 1.807) is 19.2 Å². The second kappa shape index (κ2) is 8.59. The van der Waals surface area contributed by atoms with Crippen molar-refractivity contribution in [2.75, 3.05) is 12.4 Å². The van der Waals surface area contributed by atoms with Crippen molar-refractivity contribution in [2.45, 2.75) is 32.2 Å². The minimum absolute atomic E-state index is 0.126. The number of amides is 1. The number of aryl methyl sites for hydroxylation is 2. The number of nitrogens with zero attached hydrogens (tertiary/aromatic N) is 2. The Balaban J connectivity index is 1.46. The van der Waals surface area contributed by atoms with Crippen molar-refractivity contribution in [2.24, 2.45) is 0 Å². The van der Waals surface area contributed by atoms with Crippen LogP contribution in [0.3, 0.4) is 0 Å². The van der Waals surface area contributed by atoms with Crippen LogP contribution in [0.5, 0.6) is 5.75 Å². The predicted molar refractivity (Wildman–Crippen MR) is 128 cm³/mol. The molecule has 0 bridgehead atoms. The minimum atomic E-state index is -0.316. The van der Waals surface area contributed by atoms with Crippen molar-refractivity contribution in [1.82, 2.24) is 9.55 Å². The Bertz CT molecular complexity index is 1370. The first-order valence-electron chi connectivity index (χ1n) is 10.7. The van der Waals surface area contributed by atoms with E-state index in [0.29, 0.717) is 21.7 Å². The molecule has 0 unspecified atom stereocenters. The van der Waals surface area contributed by atoms with E-state index in [-0.39, 0.29) is 18.0 Å². The van der Waals surface area contributed by atoms with Crippen molar-refractivity contribution in [3.63, 3.8) is 0 Å². The van der Waals surface area contributed by atoms with Crippen molar-refractivity contribution in [3.05, 3.63) is 75.7 Å². The topological polar surface area (TPSA) is 73.2 Å². The number of aromatic nitrogens is 2. The van der Waals surface area contributed by atoms with E-state index < -0.39 is 0 Å². The van der Waals surface area contributed by atoms with Gasteiger partial charge >= 0.3 is 0 Å². The van der Waals surface area contributed by atoms with Gasteiger partial charge in [-0.15, -0.1) is 11.3 Å². The standard InChI is InChI=1S/C25H23N3O3S/c1-31-21-9-5-4-8-20(21)27-22(29)13-28-15-26-24-23(25(28)30)19(14-32-24)18-11-10-16-6-2-3-7-17(16)12-18/h4-5,8-12,14-15H,2-3,6-7,13H2,1H3,(H,27,29). The molecule has 4 aromatic rings. The molecular weight excluding hydrogens is 422 g/mol. The Labute approximate surface area is 189 Å². The summed E-state index contributed by atoms with van der Waals surface area (Å²) in [7, 11) is 1.55. The average Bonchev–Trinajstić information content (AvgIpc) is 3.26. The fourth-order valence-corrected chi connectivity index (χ4v) is 5.19. The van der Waals surface area contributed by atoms with Crippen LogP contribution in [0.4, 0.5) is 5.69 Å². The zero-order valence-electron chi connectivity index (χ0n) is 17.8. The maximum Gasteiger partial charge on any atom is 0.263 e. The lowest BCUT2D eigenvalue weighted by Gasteiger charge is -2.16. The minimum Gasteiger partial charge on any atom is -0.495 e. The van der Waals surface area contributed by atoms with Gasteiger partial charge < -0.3 is 10.1 Å². The van der Waals surface area contributed by atoms with Gasteiger partial charge in [0.15, 0.2) is 0 Å². The largest absolute Gasteiger partial charge is 0.495 e. The lowest BCUT2D eigenvalue weighted by Crippen LogP contribution is -2.27. The molecule has 0 radical (unpaired) electrons. The number of rotatable bonds is 5. The van der Waals surface area contributed by atoms with Crippen LogP contribution in [-0.2, 0) is 24.2 Å². The van der Waals surface area contributed by atoms with E-state index in [1.807, 2.05) is 17.5 Å². The Kier molecular flexibility index (Phi) is 5.49. The van der Waals surface area contributed by atoms with E-state index in [4.69, 9.17) is 4.74 Å². The first kappa shape index (κ1) is 20.5. The molecule has 0 fully saturated rings. The number of anilines is 1. The third-order valence-electron chi connectivity index (χ3n) is 5.92. The number of hydrogen-bond acceptors (Lipinski definition) is 5. The normalized spacial score (nSPS) is 13.0. The van der Waals surface area contributed by atoms with Gasteiger partial charge in [-0.2, -0.15) is 0 Å². The summed E-state index contributed by atoms with van der Waals surface area (Å²) in [5.41, 5.74) is 5.05. The maximum atomic E-state index is 13.3. The van der Waals surface area contributed by atoms with Crippen LogP contribution in [-0.4, -0.2) is 22.6 Å². The highest BCUT2D eigenvalue weighted by atomic mass is 32.1. The predicted octanol–water partition coefficient (Wildman–Crippen LogP) is 4.65. The van der Waals surface area contributed by atoms with Crippen molar-refractivity contribution in [3.8, 4) is 16.9 Å². The van der Waals surface area contributed by atoms with Gasteiger partial charge in [-0.05, 0) is 54.5 Å². The molecule has 32 heavy (non-hydrogen) atoms. The number of benzene rings is 2. The van der Waals surface area contributed by atoms with Gasteiger partial charge in [0.25, 0.3) is 5.56 Å². The lowest BCUT2D eigenvalue weighted by molar-refractivity contribution is -0.116. The van der Waals surface area contributed by atoms with Gasteiger partial charge in [0.1, 0.15) is 17.1 Å². The molecule has 2 aromatic heterocycles. The Morgan fingerprint density at radius 3 is 2.81 bits per heavy atom. The highest BCUT2D eigenvalue weighted by Crippen LogP contribution is 2.33. The van der Waals surface area contributed by atoms with E-state index in [2.05, 4.69) is 28.5 Å². The van der Waals surface area contributed by atoms with Crippen LogP contribution < -0.4 is 15.6 Å². The van der Waals surface area contributed by atoms with Crippen LogP contribution in [0.2, 0.25) is 0 Å². The molecule has 2 heterocycles. The summed E-state index contributed by atoms with van der Waals surface area (Å²) in [6.45, 7) is -0.126. The maximum absolute atomic E-state index is 13.3. The van der Waals surface area contributed by atoms with Crippen molar-refractivity contribution in [1.29, 1.82) is 0 Å². The molecule has 1 aliphatic carbocycles. The highest BCUT2D eigenvalue weighted by molar-refractivity contribution is 7.17. The molecule has 5 rings (SSSR count). The van der Waals surface area contributed by atoms with Crippen molar-refractivity contribution < 1.29 is 9.53 Å². The van der Waals surface area contributed by atoms with Gasteiger partial charge in [-0.3, -0.25) is 14.2 Å². The van der Waals surface area contributed by atoms with E-state index >= 15 is 0 Å². The van der Waals surface area contributed by atoms with Crippen LogP contribution in [0.15, 0.2) is 59.0 Å². The van der Waals surface area contributed by atoms with Gasteiger partial charge in [0, 0.05) is 10.9 Å². The molecule has 0 aliphatic heterocycles. The molecule has 6 nitrogen and oxygen atoms in total. The second-order valence-electron chi connectivity index (χ2n) is 7.95. The smallest absolute Gasteiger partial charge is 0.263 e. The number of carbonyl (C=O) groups is 1. The molecule has 1 N–H and O–H groups in total. The van der Waals surface area contributed by atoms with Gasteiger partial charge in [0.2, 0.25) is 5.91 Å². The number of methoxy groups -OCH3 is 1. The molecule has 7 heteroatoms. The van der Waals surface area contributed by atoms with Crippen LogP contribution in [0, 0.1) is 0 Å². The first-order valence-corrected chi connectivity index (χ1v) is 11.5. The number of fused-ring (bicyclic) bond motifs is 2. The fourth-order valence-electron chi connectivity index (χ4n) is 4.29. The lowest BCUT2D eigenvalue weighted by atomic mass is 9.89. The summed E-state index contributed by atoms with van der Waals surface area (Å²) in [6.07, 6.45) is 6.09. The van der Waals surface area contributed by atoms with Gasteiger partial charge in [0.05, 0.1) is 24.5 Å². The molecule has 0 saturated carbocycles. The molecule has 1 aliphatic rings. The van der Waals surface area contributed by atoms with Gasteiger partial charge in [-0.25, -0.2) is 4.98 Å². The molecule has 162 valence electrons. The molecule has 1 amide bonds. The molecule has 0 saturated heterocycles. The Morgan fingerprint density at radius 1 is 1.16 bits per heavy atom. The molecule has 0 spiro atoms. The zero-order chi connectivity index (χ0) is 22.1. The summed E-state index contributed by atoms with van der Waals surface area (Å²) in [5, 5.41) is 5.37. The van der Waals surface area contributed by atoms with Crippen LogP contribution in [0.25, 0.3) is 21.3 Å². The van der Waals surface area contributed by atoms with E-state index in [0.717, 1.165) is 24.0 Å². The van der Waals surface area contributed by atoms with Crippen LogP contribution >= 0.6 is 11.3 Å².